The van der Waals surface area contributed by atoms with Crippen molar-refractivity contribution in [1.29, 1.82) is 0 Å². The molecule has 0 aliphatic heterocycles. The molecule has 1 aromatic heterocycles. The first-order chi connectivity index (χ1) is 8.13. The molecule has 0 amide bonds. The van der Waals surface area contributed by atoms with E-state index in [9.17, 15) is 0 Å². The lowest BCUT2D eigenvalue weighted by molar-refractivity contribution is 0.272. The zero-order valence-electron chi connectivity index (χ0n) is 10.6. The summed E-state index contributed by atoms with van der Waals surface area (Å²) in [5, 5.41) is 5.15. The van der Waals surface area contributed by atoms with Crippen molar-refractivity contribution in [2.45, 2.75) is 26.9 Å². The number of hydrogen-bond donors (Lipinski definition) is 2. The van der Waals surface area contributed by atoms with Crippen LogP contribution in [0.15, 0.2) is 0 Å². The average Bonchev–Trinajstić information content (AvgIpc) is 2.57. The molecule has 98 valence electrons. The highest BCUT2D eigenvalue weighted by atomic mass is 35.5. The largest absolute Gasteiger partial charge is 0.329 e. The number of nitrogens with zero attached hydrogens (tertiary/aromatic N) is 3. The fraction of sp³-hybridized carbons (Fsp3) is 0.727. The molecule has 0 radical (unpaired) electrons. The van der Waals surface area contributed by atoms with Gasteiger partial charge in [0.1, 0.15) is 0 Å². The first kappa shape index (κ1) is 14.4. The van der Waals surface area contributed by atoms with Crippen molar-refractivity contribution < 1.29 is 0 Å². The maximum absolute atomic E-state index is 6.26. The smallest absolute Gasteiger partial charge is 0.0860 e. The van der Waals surface area contributed by atoms with E-state index in [2.05, 4.69) is 16.9 Å². The van der Waals surface area contributed by atoms with Gasteiger partial charge >= 0.3 is 0 Å². The van der Waals surface area contributed by atoms with Gasteiger partial charge in [-0.1, -0.05) is 11.6 Å². The van der Waals surface area contributed by atoms with Crippen molar-refractivity contribution >= 4 is 11.6 Å². The first-order valence-corrected chi connectivity index (χ1v) is 6.36. The minimum absolute atomic E-state index is 0.622. The predicted octanol–water partition coefficient (Wildman–Crippen LogP) is 0.584. The highest BCUT2D eigenvalue weighted by Crippen LogP contribution is 2.21. The lowest BCUT2D eigenvalue weighted by atomic mass is 10.3. The summed E-state index contributed by atoms with van der Waals surface area (Å²) in [4.78, 5) is 2.20. The highest BCUT2D eigenvalue weighted by molar-refractivity contribution is 6.31. The molecule has 6 heteroatoms. The Hall–Kier alpha value is -0.620. The number of nitrogens with two attached hydrogens (primary N) is 2. The number of aryl methyl sites for hydroxylation is 2. The van der Waals surface area contributed by atoms with Gasteiger partial charge in [0.05, 0.1) is 16.4 Å². The molecule has 0 fully saturated rings. The first-order valence-electron chi connectivity index (χ1n) is 5.98. The van der Waals surface area contributed by atoms with Gasteiger partial charge in [0.15, 0.2) is 0 Å². The summed E-state index contributed by atoms with van der Waals surface area (Å²) in [7, 11) is 0. The second kappa shape index (κ2) is 6.96. The zero-order chi connectivity index (χ0) is 12.8. The quantitative estimate of drug-likeness (QED) is 0.752. The van der Waals surface area contributed by atoms with Crippen LogP contribution in [0.3, 0.4) is 0 Å². The number of rotatable bonds is 7. The van der Waals surface area contributed by atoms with E-state index < -0.39 is 0 Å². The van der Waals surface area contributed by atoms with Gasteiger partial charge in [-0.3, -0.25) is 9.58 Å². The van der Waals surface area contributed by atoms with Crippen molar-refractivity contribution in [2.75, 3.05) is 26.2 Å². The predicted molar refractivity (Wildman–Crippen MR) is 71.0 cm³/mol. The summed E-state index contributed by atoms with van der Waals surface area (Å²) in [5.41, 5.74) is 13.1. The molecule has 4 N–H and O–H groups in total. The van der Waals surface area contributed by atoms with Gasteiger partial charge in [-0.2, -0.15) is 5.10 Å². The van der Waals surface area contributed by atoms with E-state index >= 15 is 0 Å². The third-order valence-electron chi connectivity index (χ3n) is 2.72. The van der Waals surface area contributed by atoms with E-state index in [4.69, 9.17) is 23.1 Å². The molecule has 0 saturated heterocycles. The molecule has 1 rings (SSSR count). The van der Waals surface area contributed by atoms with Crippen LogP contribution in [0.5, 0.6) is 0 Å². The topological polar surface area (TPSA) is 73.1 Å². The molecule has 0 aromatic carbocycles. The van der Waals surface area contributed by atoms with Crippen LogP contribution in [0.2, 0.25) is 5.02 Å². The van der Waals surface area contributed by atoms with E-state index in [0.29, 0.717) is 13.1 Å². The number of hydrogen-bond acceptors (Lipinski definition) is 4. The van der Waals surface area contributed by atoms with Crippen LogP contribution < -0.4 is 11.5 Å². The Bertz CT molecular complexity index is 344. The fourth-order valence-electron chi connectivity index (χ4n) is 1.87. The molecule has 0 bridgehead atoms. The summed E-state index contributed by atoms with van der Waals surface area (Å²) in [6, 6.07) is 0. The van der Waals surface area contributed by atoms with Gasteiger partial charge < -0.3 is 11.5 Å². The Morgan fingerprint density at radius 3 is 2.35 bits per heavy atom. The Morgan fingerprint density at radius 2 is 1.88 bits per heavy atom. The lowest BCUT2D eigenvalue weighted by Crippen LogP contribution is -2.34. The molecule has 5 nitrogen and oxygen atoms in total. The van der Waals surface area contributed by atoms with Gasteiger partial charge in [-0.15, -0.1) is 0 Å². The molecule has 0 aliphatic carbocycles. The van der Waals surface area contributed by atoms with Crippen LogP contribution in [0, 0.1) is 6.92 Å². The zero-order valence-corrected chi connectivity index (χ0v) is 11.4. The highest BCUT2D eigenvalue weighted by Gasteiger charge is 2.15. The second-order valence-corrected chi connectivity index (χ2v) is 4.39. The molecule has 17 heavy (non-hydrogen) atoms. The van der Waals surface area contributed by atoms with Crippen molar-refractivity contribution in [3.63, 3.8) is 0 Å². The van der Waals surface area contributed by atoms with E-state index in [-0.39, 0.29) is 0 Å². The SMILES string of the molecule is CCn1nc(C)c(Cl)c1CN(CCN)CCN. The lowest BCUT2D eigenvalue weighted by Gasteiger charge is -2.21. The van der Waals surface area contributed by atoms with Crippen molar-refractivity contribution in [3.8, 4) is 0 Å². The standard InChI is InChI=1S/C11H22ClN5/c1-3-17-10(11(12)9(2)15-17)8-16(6-4-13)7-5-14/h3-8,13-14H2,1-2H3. The monoisotopic (exact) mass is 259 g/mol. The Balaban J connectivity index is 2.83. The molecule has 1 aromatic rings. The van der Waals surface area contributed by atoms with Gasteiger partial charge in [-0.25, -0.2) is 0 Å². The molecule has 0 aliphatic rings. The molecule has 0 saturated carbocycles. The maximum atomic E-state index is 6.26. The molecular weight excluding hydrogens is 238 g/mol. The number of aromatic nitrogens is 2. The van der Waals surface area contributed by atoms with Gasteiger partial charge in [0, 0.05) is 39.3 Å². The molecular formula is C11H22ClN5. The summed E-state index contributed by atoms with van der Waals surface area (Å²) >= 11 is 6.26. The van der Waals surface area contributed by atoms with E-state index in [1.165, 1.54) is 0 Å². The van der Waals surface area contributed by atoms with Crippen molar-refractivity contribution in [3.05, 3.63) is 16.4 Å². The van der Waals surface area contributed by atoms with Crippen LogP contribution in [-0.4, -0.2) is 40.9 Å². The number of halogens is 1. The fourth-order valence-corrected chi connectivity index (χ4v) is 2.06. The summed E-state index contributed by atoms with van der Waals surface area (Å²) < 4.78 is 1.94. The van der Waals surface area contributed by atoms with Gasteiger partial charge in [0.25, 0.3) is 0 Å². The summed E-state index contributed by atoms with van der Waals surface area (Å²) in [6.07, 6.45) is 0. The van der Waals surface area contributed by atoms with Crippen LogP contribution >= 0.6 is 11.6 Å². The third-order valence-corrected chi connectivity index (χ3v) is 3.21. The minimum Gasteiger partial charge on any atom is -0.329 e. The van der Waals surface area contributed by atoms with Crippen LogP contribution in [0.4, 0.5) is 0 Å². The Labute approximate surface area is 108 Å². The van der Waals surface area contributed by atoms with Crippen LogP contribution in [0.1, 0.15) is 18.3 Å². The summed E-state index contributed by atoms with van der Waals surface area (Å²) in [5.74, 6) is 0. The second-order valence-electron chi connectivity index (χ2n) is 4.02. The van der Waals surface area contributed by atoms with E-state index in [1.54, 1.807) is 0 Å². The van der Waals surface area contributed by atoms with Gasteiger partial charge in [-0.05, 0) is 13.8 Å². The van der Waals surface area contributed by atoms with E-state index in [0.717, 1.165) is 42.6 Å². The third kappa shape index (κ3) is 3.67. The van der Waals surface area contributed by atoms with E-state index in [1.807, 2.05) is 11.6 Å². The molecule has 0 unspecified atom stereocenters. The molecule has 0 spiro atoms. The van der Waals surface area contributed by atoms with Crippen LogP contribution in [-0.2, 0) is 13.1 Å². The van der Waals surface area contributed by atoms with Crippen molar-refractivity contribution in [1.82, 2.24) is 14.7 Å². The molecule has 1 heterocycles. The Morgan fingerprint density at radius 1 is 1.29 bits per heavy atom. The normalized spacial score (nSPS) is 11.4. The maximum Gasteiger partial charge on any atom is 0.0860 e. The summed E-state index contributed by atoms with van der Waals surface area (Å²) in [6.45, 7) is 8.44. The van der Waals surface area contributed by atoms with Crippen molar-refractivity contribution in [2.24, 2.45) is 11.5 Å². The average molecular weight is 260 g/mol. The molecule has 0 atom stereocenters. The minimum atomic E-state index is 0.622. The van der Waals surface area contributed by atoms with Gasteiger partial charge in [0.2, 0.25) is 0 Å². The Kier molecular flexibility index (Phi) is 5.91. The van der Waals surface area contributed by atoms with Crippen LogP contribution in [0.25, 0.3) is 0 Å².